The maximum Gasteiger partial charge on any atom is 0.411 e. The highest BCUT2D eigenvalue weighted by Crippen LogP contribution is 2.13. The van der Waals surface area contributed by atoms with Gasteiger partial charge in [-0.1, -0.05) is 0 Å². The van der Waals surface area contributed by atoms with Crippen molar-refractivity contribution in [2.45, 2.75) is 0 Å². The number of benzene rings is 1. The van der Waals surface area contributed by atoms with E-state index in [0.29, 0.717) is 11.4 Å². The molecule has 92 valence electrons. The molecule has 1 rings (SSSR count). The monoisotopic (exact) mass is 239 g/mol. The number of rotatable bonds is 4. The number of aliphatic hydroxyl groups excluding tert-OH is 1. The van der Waals surface area contributed by atoms with Gasteiger partial charge >= 0.3 is 12.1 Å². The van der Waals surface area contributed by atoms with Crippen molar-refractivity contribution in [2.24, 2.45) is 5.73 Å². The predicted molar refractivity (Wildman–Crippen MR) is 61.7 cm³/mol. The van der Waals surface area contributed by atoms with Crippen LogP contribution in [0.25, 0.3) is 0 Å². The molecule has 0 unspecified atom stereocenters. The number of urea groups is 1. The molecule has 5 N–H and O–H groups in total. The van der Waals surface area contributed by atoms with Crippen molar-refractivity contribution in [3.05, 3.63) is 24.3 Å². The Bertz CT molecular complexity index is 391. The van der Waals surface area contributed by atoms with Crippen LogP contribution in [0.15, 0.2) is 24.3 Å². The highest BCUT2D eigenvalue weighted by atomic mass is 16.6. The van der Waals surface area contributed by atoms with E-state index in [1.165, 1.54) is 0 Å². The third-order valence-electron chi connectivity index (χ3n) is 1.72. The summed E-state index contributed by atoms with van der Waals surface area (Å²) in [4.78, 5) is 21.6. The fourth-order valence-electron chi connectivity index (χ4n) is 1.07. The summed E-state index contributed by atoms with van der Waals surface area (Å²) >= 11 is 0. The third-order valence-corrected chi connectivity index (χ3v) is 1.72. The van der Waals surface area contributed by atoms with E-state index in [1.54, 1.807) is 24.3 Å². The van der Waals surface area contributed by atoms with Gasteiger partial charge in [0, 0.05) is 11.4 Å². The molecule has 0 aliphatic heterocycles. The molecule has 1 aromatic carbocycles. The first-order valence-corrected chi connectivity index (χ1v) is 4.83. The first-order valence-electron chi connectivity index (χ1n) is 4.83. The zero-order chi connectivity index (χ0) is 12.7. The molecule has 3 amide bonds. The average molecular weight is 239 g/mol. The van der Waals surface area contributed by atoms with Gasteiger partial charge in [-0.25, -0.2) is 9.59 Å². The predicted octanol–water partition coefficient (Wildman–Crippen LogP) is 0.718. The number of ether oxygens (including phenoxy) is 1. The summed E-state index contributed by atoms with van der Waals surface area (Å²) in [5.41, 5.74) is 5.96. The molecule has 0 fully saturated rings. The van der Waals surface area contributed by atoms with Gasteiger partial charge in [0.05, 0.1) is 6.61 Å². The normalized spacial score (nSPS) is 9.47. The maximum atomic E-state index is 11.1. The molecular weight excluding hydrogens is 226 g/mol. The van der Waals surface area contributed by atoms with Crippen molar-refractivity contribution < 1.29 is 19.4 Å². The van der Waals surface area contributed by atoms with Crippen LogP contribution in [0.5, 0.6) is 0 Å². The number of carbonyl (C=O) groups excluding carboxylic acids is 2. The minimum atomic E-state index is -0.659. The molecule has 0 atom stereocenters. The minimum absolute atomic E-state index is 0.0624. The summed E-state index contributed by atoms with van der Waals surface area (Å²) < 4.78 is 4.60. The van der Waals surface area contributed by atoms with Crippen molar-refractivity contribution in [3.63, 3.8) is 0 Å². The van der Waals surface area contributed by atoms with E-state index < -0.39 is 12.1 Å². The summed E-state index contributed by atoms with van der Waals surface area (Å²) in [5, 5.41) is 13.3. The van der Waals surface area contributed by atoms with Crippen LogP contribution in [0.1, 0.15) is 0 Å². The van der Waals surface area contributed by atoms with Crippen molar-refractivity contribution in [2.75, 3.05) is 23.8 Å². The van der Waals surface area contributed by atoms with E-state index in [1.807, 2.05) is 0 Å². The van der Waals surface area contributed by atoms with Crippen LogP contribution in [-0.2, 0) is 4.74 Å². The van der Waals surface area contributed by atoms with Crippen LogP contribution in [-0.4, -0.2) is 30.4 Å². The number of hydrogen-bond acceptors (Lipinski definition) is 4. The topological polar surface area (TPSA) is 114 Å². The average Bonchev–Trinajstić information content (AvgIpc) is 2.28. The molecule has 7 heteroatoms. The van der Waals surface area contributed by atoms with Crippen molar-refractivity contribution >= 4 is 23.5 Å². The zero-order valence-corrected chi connectivity index (χ0v) is 8.97. The quantitative estimate of drug-likeness (QED) is 0.619. The molecule has 0 radical (unpaired) electrons. The molecule has 1 aromatic rings. The molecule has 17 heavy (non-hydrogen) atoms. The second kappa shape index (κ2) is 6.33. The number of hydrogen-bond donors (Lipinski definition) is 4. The molecule has 0 saturated heterocycles. The number of primary amides is 1. The van der Waals surface area contributed by atoms with Gasteiger partial charge in [0.2, 0.25) is 0 Å². The Morgan fingerprint density at radius 2 is 1.71 bits per heavy atom. The maximum absolute atomic E-state index is 11.1. The van der Waals surface area contributed by atoms with Crippen molar-refractivity contribution in [1.82, 2.24) is 0 Å². The van der Waals surface area contributed by atoms with Crippen LogP contribution in [0.2, 0.25) is 0 Å². The fourth-order valence-corrected chi connectivity index (χ4v) is 1.07. The van der Waals surface area contributed by atoms with Gasteiger partial charge in [0.25, 0.3) is 0 Å². The van der Waals surface area contributed by atoms with Gasteiger partial charge in [0.15, 0.2) is 0 Å². The SMILES string of the molecule is NC(=O)Nc1ccc(NC(=O)OCCO)cc1. The standard InChI is InChI=1S/C10H13N3O4/c11-9(15)12-7-1-3-8(4-2-7)13-10(16)17-6-5-14/h1-4,14H,5-6H2,(H,13,16)(H3,11,12,15). The van der Waals surface area contributed by atoms with Gasteiger partial charge in [0.1, 0.15) is 6.61 Å². The number of nitrogens with one attached hydrogen (secondary N) is 2. The largest absolute Gasteiger partial charge is 0.447 e. The smallest absolute Gasteiger partial charge is 0.411 e. The highest BCUT2D eigenvalue weighted by Gasteiger charge is 2.02. The highest BCUT2D eigenvalue weighted by molar-refractivity contribution is 5.89. The molecule has 0 heterocycles. The Morgan fingerprint density at radius 1 is 1.18 bits per heavy atom. The van der Waals surface area contributed by atoms with Crippen LogP contribution in [0, 0.1) is 0 Å². The molecule has 0 bridgehead atoms. The van der Waals surface area contributed by atoms with Crippen molar-refractivity contribution in [3.8, 4) is 0 Å². The van der Waals surface area contributed by atoms with Gasteiger partial charge in [-0.3, -0.25) is 5.32 Å². The van der Waals surface area contributed by atoms with Gasteiger partial charge < -0.3 is 20.9 Å². The number of nitrogens with two attached hydrogens (primary N) is 1. The number of carbonyl (C=O) groups is 2. The second-order valence-electron chi connectivity index (χ2n) is 3.05. The zero-order valence-electron chi connectivity index (χ0n) is 8.97. The van der Waals surface area contributed by atoms with E-state index >= 15 is 0 Å². The number of amides is 3. The Hall–Kier alpha value is -2.28. The van der Waals surface area contributed by atoms with Crippen molar-refractivity contribution in [1.29, 1.82) is 0 Å². The van der Waals surface area contributed by atoms with E-state index in [2.05, 4.69) is 15.4 Å². The minimum Gasteiger partial charge on any atom is -0.447 e. The Morgan fingerprint density at radius 3 is 2.18 bits per heavy atom. The first kappa shape index (κ1) is 12.8. The summed E-state index contributed by atoms with van der Waals surface area (Å²) in [6.45, 7) is -0.290. The number of aliphatic hydroxyl groups is 1. The van der Waals surface area contributed by atoms with E-state index in [-0.39, 0.29) is 13.2 Å². The van der Waals surface area contributed by atoms with E-state index in [0.717, 1.165) is 0 Å². The second-order valence-corrected chi connectivity index (χ2v) is 3.05. The summed E-state index contributed by atoms with van der Waals surface area (Å²) in [6, 6.07) is 5.64. The lowest BCUT2D eigenvalue weighted by Crippen LogP contribution is -2.19. The molecule has 0 aliphatic carbocycles. The summed E-state index contributed by atoms with van der Waals surface area (Å²) in [6.07, 6.45) is -0.658. The number of anilines is 2. The lowest BCUT2D eigenvalue weighted by molar-refractivity contribution is 0.131. The summed E-state index contributed by atoms with van der Waals surface area (Å²) in [7, 11) is 0. The Balaban J connectivity index is 2.50. The molecule has 0 aromatic heterocycles. The van der Waals surface area contributed by atoms with E-state index in [4.69, 9.17) is 10.8 Å². The lowest BCUT2D eigenvalue weighted by atomic mass is 10.3. The van der Waals surface area contributed by atoms with Gasteiger partial charge in [-0.05, 0) is 24.3 Å². The van der Waals surface area contributed by atoms with Gasteiger partial charge in [-0.2, -0.15) is 0 Å². The van der Waals surface area contributed by atoms with Crippen LogP contribution in [0.3, 0.4) is 0 Å². The van der Waals surface area contributed by atoms with E-state index in [9.17, 15) is 9.59 Å². The Kier molecular flexibility index (Phi) is 4.77. The molecule has 0 spiro atoms. The van der Waals surface area contributed by atoms with Gasteiger partial charge in [-0.15, -0.1) is 0 Å². The molecule has 0 aliphatic rings. The van der Waals surface area contributed by atoms with Crippen LogP contribution >= 0.6 is 0 Å². The molecular formula is C10H13N3O4. The first-order chi connectivity index (χ1) is 8.11. The Labute approximate surface area is 97.6 Å². The van der Waals surface area contributed by atoms with Crippen LogP contribution in [0.4, 0.5) is 21.0 Å². The lowest BCUT2D eigenvalue weighted by Gasteiger charge is -2.06. The molecule has 7 nitrogen and oxygen atoms in total. The van der Waals surface area contributed by atoms with Crippen LogP contribution < -0.4 is 16.4 Å². The summed E-state index contributed by atoms with van der Waals surface area (Å²) in [5.74, 6) is 0. The molecule has 0 saturated carbocycles. The fraction of sp³-hybridized carbons (Fsp3) is 0.200. The third kappa shape index (κ3) is 4.85.